The Morgan fingerprint density at radius 2 is 2.20 bits per heavy atom. The van der Waals surface area contributed by atoms with E-state index < -0.39 is 0 Å². The van der Waals surface area contributed by atoms with Crippen LogP contribution in [0.15, 0.2) is 18.2 Å². The first-order valence-electron chi connectivity index (χ1n) is 4.99. The molecule has 0 aromatic heterocycles. The Hall–Kier alpha value is -1.51. The normalized spacial score (nSPS) is 10.0. The number of rotatable bonds is 4. The van der Waals surface area contributed by atoms with Crippen molar-refractivity contribution in [2.24, 2.45) is 0 Å². The molecule has 1 N–H and O–H groups in total. The summed E-state index contributed by atoms with van der Waals surface area (Å²) < 4.78 is 4.54. The van der Waals surface area contributed by atoms with Crippen molar-refractivity contribution in [2.45, 2.75) is 26.2 Å². The number of benzene rings is 1. The van der Waals surface area contributed by atoms with Gasteiger partial charge in [0.15, 0.2) is 0 Å². The van der Waals surface area contributed by atoms with Gasteiger partial charge in [-0.15, -0.1) is 0 Å². The monoisotopic (exact) mass is 208 g/mol. The molecule has 3 heteroatoms. The molecule has 1 rings (SSSR count). The van der Waals surface area contributed by atoms with Crippen molar-refractivity contribution < 1.29 is 14.6 Å². The summed E-state index contributed by atoms with van der Waals surface area (Å²) >= 11 is 0. The molecule has 0 spiro atoms. The predicted octanol–water partition coefficient (Wildman–Crippen LogP) is 2.20. The zero-order chi connectivity index (χ0) is 11.3. The number of methoxy groups -OCH3 is 1. The first-order chi connectivity index (χ1) is 7.15. The fourth-order valence-corrected chi connectivity index (χ4v) is 1.45. The predicted molar refractivity (Wildman–Crippen MR) is 57.8 cm³/mol. The van der Waals surface area contributed by atoms with Crippen LogP contribution in [0.3, 0.4) is 0 Å². The van der Waals surface area contributed by atoms with Crippen molar-refractivity contribution in [2.75, 3.05) is 7.11 Å². The van der Waals surface area contributed by atoms with Crippen LogP contribution in [-0.4, -0.2) is 18.2 Å². The van der Waals surface area contributed by atoms with Crippen molar-refractivity contribution in [3.8, 4) is 5.75 Å². The molecule has 1 aromatic rings. The molecule has 0 radical (unpaired) electrons. The Morgan fingerprint density at radius 1 is 1.47 bits per heavy atom. The number of aromatic hydroxyl groups is 1. The van der Waals surface area contributed by atoms with E-state index in [4.69, 9.17) is 0 Å². The van der Waals surface area contributed by atoms with E-state index in [1.54, 1.807) is 0 Å². The van der Waals surface area contributed by atoms with E-state index in [-0.39, 0.29) is 5.97 Å². The van der Waals surface area contributed by atoms with Crippen molar-refractivity contribution >= 4 is 5.97 Å². The molecule has 0 fully saturated rings. The quantitative estimate of drug-likeness (QED) is 0.771. The van der Waals surface area contributed by atoms with Crippen LogP contribution >= 0.6 is 0 Å². The summed E-state index contributed by atoms with van der Waals surface area (Å²) in [5.41, 5.74) is 1.75. The van der Waals surface area contributed by atoms with Gasteiger partial charge in [0.2, 0.25) is 0 Å². The maximum atomic E-state index is 10.9. The highest BCUT2D eigenvalue weighted by molar-refractivity contribution is 5.69. The van der Waals surface area contributed by atoms with Crippen LogP contribution < -0.4 is 0 Å². The molecule has 3 nitrogen and oxygen atoms in total. The molecule has 0 unspecified atom stereocenters. The summed E-state index contributed by atoms with van der Waals surface area (Å²) in [5.74, 6) is 0.129. The molecule has 15 heavy (non-hydrogen) atoms. The molecule has 0 amide bonds. The lowest BCUT2D eigenvalue weighted by Gasteiger charge is -2.06. The lowest BCUT2D eigenvalue weighted by atomic mass is 10.0. The minimum absolute atomic E-state index is 0.206. The van der Waals surface area contributed by atoms with Gasteiger partial charge in [-0.2, -0.15) is 0 Å². The maximum Gasteiger partial charge on any atom is 0.305 e. The molecule has 0 bridgehead atoms. The number of ether oxygens (including phenoxy) is 1. The summed E-state index contributed by atoms with van der Waals surface area (Å²) in [6.45, 7) is 1.86. The minimum atomic E-state index is -0.206. The van der Waals surface area contributed by atoms with Crippen molar-refractivity contribution in [1.29, 1.82) is 0 Å². The van der Waals surface area contributed by atoms with Crippen molar-refractivity contribution in [3.63, 3.8) is 0 Å². The van der Waals surface area contributed by atoms with Crippen LogP contribution in [0.25, 0.3) is 0 Å². The molecular weight excluding hydrogens is 192 g/mol. The van der Waals surface area contributed by atoms with E-state index in [1.165, 1.54) is 7.11 Å². The highest BCUT2D eigenvalue weighted by atomic mass is 16.5. The Morgan fingerprint density at radius 3 is 2.87 bits per heavy atom. The number of hydrogen-bond donors (Lipinski definition) is 1. The van der Waals surface area contributed by atoms with E-state index in [0.717, 1.165) is 11.1 Å². The number of hydrogen-bond acceptors (Lipinski definition) is 3. The number of aryl methyl sites for hydroxylation is 2. The van der Waals surface area contributed by atoms with Crippen LogP contribution in [-0.2, 0) is 16.0 Å². The Bertz CT molecular complexity index is 345. The number of esters is 1. The van der Waals surface area contributed by atoms with Crippen LogP contribution in [0, 0.1) is 6.92 Å². The second kappa shape index (κ2) is 5.39. The third-order valence-corrected chi connectivity index (χ3v) is 2.38. The summed E-state index contributed by atoms with van der Waals surface area (Å²) in [4.78, 5) is 10.9. The second-order valence-electron chi connectivity index (χ2n) is 3.51. The van der Waals surface area contributed by atoms with Gasteiger partial charge in [-0.1, -0.05) is 18.2 Å². The summed E-state index contributed by atoms with van der Waals surface area (Å²) in [6.07, 6.45) is 1.79. The van der Waals surface area contributed by atoms with Crippen LogP contribution in [0.5, 0.6) is 5.75 Å². The SMILES string of the molecule is COC(=O)CCCc1cccc(C)c1O. The van der Waals surface area contributed by atoms with E-state index in [9.17, 15) is 9.90 Å². The van der Waals surface area contributed by atoms with E-state index >= 15 is 0 Å². The molecule has 0 aliphatic rings. The average molecular weight is 208 g/mol. The number of phenolic OH excluding ortho intramolecular Hbond substituents is 1. The van der Waals surface area contributed by atoms with Gasteiger partial charge in [-0.3, -0.25) is 4.79 Å². The number of carbonyl (C=O) groups is 1. The second-order valence-corrected chi connectivity index (χ2v) is 3.51. The van der Waals surface area contributed by atoms with Crippen LogP contribution in [0.2, 0.25) is 0 Å². The van der Waals surface area contributed by atoms with Gasteiger partial charge in [0.1, 0.15) is 5.75 Å². The zero-order valence-electron chi connectivity index (χ0n) is 9.12. The minimum Gasteiger partial charge on any atom is -0.507 e. The van der Waals surface area contributed by atoms with Crippen LogP contribution in [0.1, 0.15) is 24.0 Å². The number of phenols is 1. The fourth-order valence-electron chi connectivity index (χ4n) is 1.45. The number of para-hydroxylation sites is 1. The molecule has 1 aromatic carbocycles. The maximum absolute atomic E-state index is 10.9. The third-order valence-electron chi connectivity index (χ3n) is 2.38. The summed E-state index contributed by atoms with van der Waals surface area (Å²) in [7, 11) is 1.38. The molecule has 0 atom stereocenters. The van der Waals surface area contributed by atoms with E-state index in [2.05, 4.69) is 4.74 Å². The number of carbonyl (C=O) groups excluding carboxylic acids is 1. The first-order valence-corrected chi connectivity index (χ1v) is 4.99. The van der Waals surface area contributed by atoms with Gasteiger partial charge >= 0.3 is 5.97 Å². The van der Waals surface area contributed by atoms with Gasteiger partial charge in [0.25, 0.3) is 0 Å². The molecule has 0 aliphatic carbocycles. The first kappa shape index (κ1) is 11.6. The molecule has 0 saturated carbocycles. The highest BCUT2D eigenvalue weighted by Gasteiger charge is 2.05. The molecule has 0 heterocycles. The average Bonchev–Trinajstić information content (AvgIpc) is 2.24. The fraction of sp³-hybridized carbons (Fsp3) is 0.417. The smallest absolute Gasteiger partial charge is 0.305 e. The lowest BCUT2D eigenvalue weighted by Crippen LogP contribution is -2.00. The molecule has 0 saturated heterocycles. The van der Waals surface area contributed by atoms with Crippen molar-refractivity contribution in [3.05, 3.63) is 29.3 Å². The van der Waals surface area contributed by atoms with Crippen LogP contribution in [0.4, 0.5) is 0 Å². The zero-order valence-corrected chi connectivity index (χ0v) is 9.12. The van der Waals surface area contributed by atoms with Gasteiger partial charge in [-0.25, -0.2) is 0 Å². The summed E-state index contributed by atoms with van der Waals surface area (Å²) in [6, 6.07) is 5.64. The Labute approximate surface area is 89.7 Å². The third kappa shape index (κ3) is 3.27. The van der Waals surface area contributed by atoms with Gasteiger partial charge < -0.3 is 9.84 Å². The largest absolute Gasteiger partial charge is 0.507 e. The van der Waals surface area contributed by atoms with Crippen molar-refractivity contribution in [1.82, 2.24) is 0 Å². The van der Waals surface area contributed by atoms with Gasteiger partial charge in [0.05, 0.1) is 7.11 Å². The van der Waals surface area contributed by atoms with E-state index in [0.29, 0.717) is 25.0 Å². The molecule has 82 valence electrons. The van der Waals surface area contributed by atoms with E-state index in [1.807, 2.05) is 25.1 Å². The molecular formula is C12H16O3. The summed E-state index contributed by atoms with van der Waals surface area (Å²) in [5, 5.41) is 9.70. The Kier molecular flexibility index (Phi) is 4.16. The van der Waals surface area contributed by atoms with Gasteiger partial charge in [-0.05, 0) is 30.9 Å². The van der Waals surface area contributed by atoms with Gasteiger partial charge in [0, 0.05) is 6.42 Å². The standard InChI is InChI=1S/C12H16O3/c1-9-5-3-6-10(12(9)14)7-4-8-11(13)15-2/h3,5-6,14H,4,7-8H2,1-2H3. The topological polar surface area (TPSA) is 46.5 Å². The lowest BCUT2D eigenvalue weighted by molar-refractivity contribution is -0.140. The highest BCUT2D eigenvalue weighted by Crippen LogP contribution is 2.22. The Balaban J connectivity index is 2.51. The molecule has 0 aliphatic heterocycles.